The average molecular weight is 221 g/mol. The summed E-state index contributed by atoms with van der Waals surface area (Å²) in [7, 11) is 0. The third kappa shape index (κ3) is 1.95. The minimum atomic E-state index is 0.676. The SMILES string of the molecule is Cc1nc2c(c(NC3CC3)n1)CSCC2. The van der Waals surface area contributed by atoms with Crippen LogP contribution in [-0.4, -0.2) is 21.8 Å². The summed E-state index contributed by atoms with van der Waals surface area (Å²) in [6.07, 6.45) is 3.69. The van der Waals surface area contributed by atoms with Crippen molar-refractivity contribution in [3.05, 3.63) is 17.1 Å². The van der Waals surface area contributed by atoms with Crippen molar-refractivity contribution in [3.63, 3.8) is 0 Å². The fourth-order valence-corrected chi connectivity index (χ4v) is 2.89. The van der Waals surface area contributed by atoms with E-state index in [9.17, 15) is 0 Å². The van der Waals surface area contributed by atoms with Crippen molar-refractivity contribution in [2.24, 2.45) is 0 Å². The van der Waals surface area contributed by atoms with Crippen LogP contribution in [0.2, 0.25) is 0 Å². The maximum atomic E-state index is 4.54. The number of fused-ring (bicyclic) bond motifs is 1. The Morgan fingerprint density at radius 1 is 1.33 bits per heavy atom. The summed E-state index contributed by atoms with van der Waals surface area (Å²) in [6, 6.07) is 0.676. The van der Waals surface area contributed by atoms with Gasteiger partial charge in [-0.3, -0.25) is 0 Å². The van der Waals surface area contributed by atoms with Gasteiger partial charge < -0.3 is 5.32 Å². The quantitative estimate of drug-likeness (QED) is 0.830. The highest BCUT2D eigenvalue weighted by Crippen LogP contribution is 2.31. The Kier molecular flexibility index (Phi) is 2.31. The molecular formula is C11H15N3S. The van der Waals surface area contributed by atoms with Gasteiger partial charge in [0.1, 0.15) is 11.6 Å². The largest absolute Gasteiger partial charge is 0.367 e. The summed E-state index contributed by atoms with van der Waals surface area (Å²) < 4.78 is 0. The molecule has 0 radical (unpaired) electrons. The molecule has 0 amide bonds. The highest BCUT2D eigenvalue weighted by molar-refractivity contribution is 7.98. The van der Waals surface area contributed by atoms with Crippen LogP contribution in [0.5, 0.6) is 0 Å². The van der Waals surface area contributed by atoms with E-state index in [1.807, 2.05) is 18.7 Å². The maximum Gasteiger partial charge on any atom is 0.134 e. The summed E-state index contributed by atoms with van der Waals surface area (Å²) in [5.74, 6) is 4.28. The number of aryl methyl sites for hydroxylation is 2. The first-order valence-corrected chi connectivity index (χ1v) is 6.69. The number of hydrogen-bond acceptors (Lipinski definition) is 4. The summed E-state index contributed by atoms with van der Waals surface area (Å²) >= 11 is 1.99. The molecule has 0 aromatic carbocycles. The van der Waals surface area contributed by atoms with E-state index in [4.69, 9.17) is 0 Å². The van der Waals surface area contributed by atoms with Crippen molar-refractivity contribution >= 4 is 17.6 Å². The molecule has 4 heteroatoms. The second-order valence-electron chi connectivity index (χ2n) is 4.27. The smallest absolute Gasteiger partial charge is 0.134 e. The van der Waals surface area contributed by atoms with Gasteiger partial charge in [0, 0.05) is 17.4 Å². The van der Waals surface area contributed by atoms with Gasteiger partial charge in [-0.05, 0) is 31.9 Å². The van der Waals surface area contributed by atoms with E-state index in [1.165, 1.54) is 29.9 Å². The zero-order chi connectivity index (χ0) is 10.3. The Bertz CT molecular complexity index is 388. The third-order valence-corrected chi connectivity index (χ3v) is 3.84. The molecule has 3 nitrogen and oxygen atoms in total. The van der Waals surface area contributed by atoms with E-state index < -0.39 is 0 Å². The molecule has 0 atom stereocenters. The van der Waals surface area contributed by atoms with Gasteiger partial charge in [0.15, 0.2) is 0 Å². The van der Waals surface area contributed by atoms with Crippen LogP contribution >= 0.6 is 11.8 Å². The number of nitrogens with zero attached hydrogens (tertiary/aromatic N) is 2. The van der Waals surface area contributed by atoms with E-state index in [0.29, 0.717) is 6.04 Å². The summed E-state index contributed by atoms with van der Waals surface area (Å²) in [6.45, 7) is 1.99. The summed E-state index contributed by atoms with van der Waals surface area (Å²) in [5, 5.41) is 3.52. The normalized spacial score (nSPS) is 19.8. The first-order valence-electron chi connectivity index (χ1n) is 5.53. The van der Waals surface area contributed by atoms with E-state index in [-0.39, 0.29) is 0 Å². The van der Waals surface area contributed by atoms with Gasteiger partial charge in [-0.1, -0.05) is 0 Å². The second kappa shape index (κ2) is 3.67. The molecule has 3 rings (SSSR count). The molecule has 1 aliphatic heterocycles. The number of anilines is 1. The zero-order valence-corrected chi connectivity index (χ0v) is 9.73. The Labute approximate surface area is 94.1 Å². The van der Waals surface area contributed by atoms with E-state index in [0.717, 1.165) is 23.8 Å². The molecule has 2 heterocycles. The minimum absolute atomic E-state index is 0.676. The van der Waals surface area contributed by atoms with Gasteiger partial charge in [0.05, 0.1) is 5.69 Å². The average Bonchev–Trinajstić information content (AvgIpc) is 3.01. The molecule has 2 aliphatic rings. The van der Waals surface area contributed by atoms with E-state index in [1.54, 1.807) is 0 Å². The topological polar surface area (TPSA) is 37.8 Å². The van der Waals surface area contributed by atoms with Gasteiger partial charge in [0.25, 0.3) is 0 Å². The van der Waals surface area contributed by atoms with Crippen molar-refractivity contribution in [2.45, 2.75) is 38.0 Å². The van der Waals surface area contributed by atoms with Crippen LogP contribution in [0.1, 0.15) is 29.9 Å². The Balaban J connectivity index is 1.98. The molecule has 1 N–H and O–H groups in total. The van der Waals surface area contributed by atoms with Crippen LogP contribution in [0.4, 0.5) is 5.82 Å². The van der Waals surface area contributed by atoms with Gasteiger partial charge in [0.2, 0.25) is 0 Å². The van der Waals surface area contributed by atoms with Crippen molar-refractivity contribution in [3.8, 4) is 0 Å². The lowest BCUT2D eigenvalue weighted by Crippen LogP contribution is -2.14. The first-order chi connectivity index (χ1) is 7.33. The van der Waals surface area contributed by atoms with Gasteiger partial charge >= 0.3 is 0 Å². The standard InChI is InChI=1S/C11H15N3S/c1-7-12-10-4-5-15-6-9(10)11(13-7)14-8-2-3-8/h8H,2-6H2,1H3,(H,12,13,14). The number of rotatable bonds is 2. The fourth-order valence-electron chi connectivity index (χ4n) is 1.90. The third-order valence-electron chi connectivity index (χ3n) is 2.85. The lowest BCUT2D eigenvalue weighted by molar-refractivity contribution is 0.907. The predicted octanol–water partition coefficient (Wildman–Crippen LogP) is 2.15. The Morgan fingerprint density at radius 2 is 2.20 bits per heavy atom. The molecule has 1 aromatic heterocycles. The van der Waals surface area contributed by atoms with E-state index in [2.05, 4.69) is 15.3 Å². The number of nitrogens with one attached hydrogen (secondary N) is 1. The monoisotopic (exact) mass is 221 g/mol. The first kappa shape index (κ1) is 9.46. The predicted molar refractivity (Wildman–Crippen MR) is 63.3 cm³/mol. The van der Waals surface area contributed by atoms with Crippen molar-refractivity contribution in [1.29, 1.82) is 0 Å². The Hall–Kier alpha value is -0.770. The van der Waals surface area contributed by atoms with Crippen LogP contribution in [0.25, 0.3) is 0 Å². The molecular weight excluding hydrogens is 206 g/mol. The number of hydrogen-bond donors (Lipinski definition) is 1. The molecule has 0 unspecified atom stereocenters. The highest BCUT2D eigenvalue weighted by atomic mass is 32.2. The van der Waals surface area contributed by atoms with Crippen LogP contribution in [0.15, 0.2) is 0 Å². The molecule has 1 saturated carbocycles. The molecule has 80 valence electrons. The second-order valence-corrected chi connectivity index (χ2v) is 5.37. The molecule has 1 aromatic rings. The molecule has 0 saturated heterocycles. The Morgan fingerprint density at radius 3 is 3.00 bits per heavy atom. The highest BCUT2D eigenvalue weighted by Gasteiger charge is 2.24. The number of aromatic nitrogens is 2. The van der Waals surface area contributed by atoms with Crippen LogP contribution < -0.4 is 5.32 Å². The summed E-state index contributed by atoms with van der Waals surface area (Å²) in [5.41, 5.74) is 2.62. The minimum Gasteiger partial charge on any atom is -0.367 e. The van der Waals surface area contributed by atoms with Crippen LogP contribution in [0, 0.1) is 6.92 Å². The van der Waals surface area contributed by atoms with Crippen molar-refractivity contribution in [1.82, 2.24) is 9.97 Å². The molecule has 1 aliphatic carbocycles. The van der Waals surface area contributed by atoms with Crippen molar-refractivity contribution in [2.75, 3.05) is 11.1 Å². The molecule has 15 heavy (non-hydrogen) atoms. The van der Waals surface area contributed by atoms with Crippen molar-refractivity contribution < 1.29 is 0 Å². The van der Waals surface area contributed by atoms with Gasteiger partial charge in [-0.2, -0.15) is 11.8 Å². The van der Waals surface area contributed by atoms with E-state index >= 15 is 0 Å². The molecule has 1 fully saturated rings. The maximum absolute atomic E-state index is 4.54. The molecule has 0 bridgehead atoms. The number of thioether (sulfide) groups is 1. The van der Waals surface area contributed by atoms with Gasteiger partial charge in [-0.25, -0.2) is 9.97 Å². The molecule has 0 spiro atoms. The van der Waals surface area contributed by atoms with Gasteiger partial charge in [-0.15, -0.1) is 0 Å². The lowest BCUT2D eigenvalue weighted by atomic mass is 10.2. The fraction of sp³-hybridized carbons (Fsp3) is 0.636. The zero-order valence-electron chi connectivity index (χ0n) is 8.92. The van der Waals surface area contributed by atoms with Crippen LogP contribution in [-0.2, 0) is 12.2 Å². The van der Waals surface area contributed by atoms with Crippen LogP contribution in [0.3, 0.4) is 0 Å². The lowest BCUT2D eigenvalue weighted by Gasteiger charge is -2.18. The summed E-state index contributed by atoms with van der Waals surface area (Å²) in [4.78, 5) is 9.07.